The number of ether oxygens (including phenoxy) is 1. The highest BCUT2D eigenvalue weighted by molar-refractivity contribution is 5.91. The first kappa shape index (κ1) is 12.9. The number of anilines is 1. The highest BCUT2D eigenvalue weighted by atomic mass is 16.5. The average Bonchev–Trinajstić information content (AvgIpc) is 2.36. The number of amides is 2. The molecule has 1 aromatic carbocycles. The number of rotatable bonds is 2. The Hall–Kier alpha value is -2.19. The molecular formula is C12H14N2O3. The fourth-order valence-electron chi connectivity index (χ4n) is 1.21. The lowest BCUT2D eigenvalue weighted by atomic mass is 10.2. The van der Waals surface area contributed by atoms with Crippen molar-refractivity contribution in [2.45, 2.75) is 0 Å². The number of urea groups is 1. The second-order valence-corrected chi connectivity index (χ2v) is 3.08. The van der Waals surface area contributed by atoms with Crippen LogP contribution in [-0.2, 0) is 0 Å². The van der Waals surface area contributed by atoms with Crippen molar-refractivity contribution in [3.63, 3.8) is 0 Å². The largest absolute Gasteiger partial charge is 0.495 e. The van der Waals surface area contributed by atoms with Gasteiger partial charge >= 0.3 is 6.03 Å². The summed E-state index contributed by atoms with van der Waals surface area (Å²) in [7, 11) is 3.04. The molecule has 3 N–H and O–H groups in total. The van der Waals surface area contributed by atoms with Gasteiger partial charge in [-0.3, -0.25) is 0 Å². The summed E-state index contributed by atoms with van der Waals surface area (Å²) < 4.78 is 5.11. The van der Waals surface area contributed by atoms with Crippen molar-refractivity contribution in [2.75, 3.05) is 26.1 Å². The van der Waals surface area contributed by atoms with Crippen molar-refractivity contribution in [1.29, 1.82) is 0 Å². The number of hydrogen-bond acceptors (Lipinski definition) is 3. The number of aliphatic hydroxyl groups is 1. The van der Waals surface area contributed by atoms with Gasteiger partial charge in [0.05, 0.1) is 12.8 Å². The second kappa shape index (κ2) is 6.40. The van der Waals surface area contributed by atoms with E-state index in [4.69, 9.17) is 9.84 Å². The third-order valence-corrected chi connectivity index (χ3v) is 1.99. The number of carbonyl (C=O) groups excluding carboxylic acids is 1. The van der Waals surface area contributed by atoms with Gasteiger partial charge in [-0.1, -0.05) is 11.8 Å². The van der Waals surface area contributed by atoms with Gasteiger partial charge in [-0.25, -0.2) is 4.79 Å². The number of aliphatic hydroxyl groups excluding tert-OH is 1. The molecule has 0 aliphatic rings. The summed E-state index contributed by atoms with van der Waals surface area (Å²) in [4.78, 5) is 11.2. The standard InChI is InChI=1S/C12H14N2O3/c1-13-12(16)14-10-8-9(4-3-7-15)5-6-11(10)17-2/h5-6,8,15H,7H2,1-2H3,(H2,13,14,16). The SMILES string of the molecule is CNC(=O)Nc1cc(C#CCO)ccc1OC. The van der Waals surface area contributed by atoms with Crippen LogP contribution in [0, 0.1) is 11.8 Å². The molecular weight excluding hydrogens is 220 g/mol. The Kier molecular flexibility index (Phi) is 4.85. The van der Waals surface area contributed by atoms with E-state index >= 15 is 0 Å². The number of benzene rings is 1. The topological polar surface area (TPSA) is 70.6 Å². The molecule has 90 valence electrons. The molecule has 0 heterocycles. The number of carbonyl (C=O) groups is 1. The van der Waals surface area contributed by atoms with E-state index in [1.54, 1.807) is 18.2 Å². The van der Waals surface area contributed by atoms with Gasteiger partial charge in [0.15, 0.2) is 0 Å². The van der Waals surface area contributed by atoms with Gasteiger partial charge in [0.25, 0.3) is 0 Å². The molecule has 5 nitrogen and oxygen atoms in total. The zero-order chi connectivity index (χ0) is 12.7. The Labute approximate surface area is 99.8 Å². The highest BCUT2D eigenvalue weighted by Gasteiger charge is 2.06. The Morgan fingerprint density at radius 2 is 2.29 bits per heavy atom. The van der Waals surface area contributed by atoms with E-state index in [0.717, 1.165) is 0 Å². The highest BCUT2D eigenvalue weighted by Crippen LogP contribution is 2.24. The first-order chi connectivity index (χ1) is 8.21. The van der Waals surface area contributed by atoms with Gasteiger partial charge in [-0.2, -0.15) is 0 Å². The smallest absolute Gasteiger partial charge is 0.319 e. The predicted molar refractivity (Wildman–Crippen MR) is 65.0 cm³/mol. The minimum Gasteiger partial charge on any atom is -0.495 e. The number of methoxy groups -OCH3 is 1. The van der Waals surface area contributed by atoms with Gasteiger partial charge in [-0.05, 0) is 18.2 Å². The second-order valence-electron chi connectivity index (χ2n) is 3.08. The normalized spacial score (nSPS) is 8.88. The molecule has 1 rings (SSSR count). The van der Waals surface area contributed by atoms with Crippen molar-refractivity contribution >= 4 is 11.7 Å². The Bertz CT molecular complexity index is 461. The summed E-state index contributed by atoms with van der Waals surface area (Å²) in [6, 6.07) is 4.79. The zero-order valence-corrected chi connectivity index (χ0v) is 9.70. The zero-order valence-electron chi connectivity index (χ0n) is 9.70. The summed E-state index contributed by atoms with van der Waals surface area (Å²) in [5.74, 6) is 5.83. The van der Waals surface area contributed by atoms with Crippen LogP contribution >= 0.6 is 0 Å². The Balaban J connectivity index is 3.01. The van der Waals surface area contributed by atoms with E-state index in [1.165, 1.54) is 14.2 Å². The summed E-state index contributed by atoms with van der Waals surface area (Å²) in [5, 5.41) is 13.7. The molecule has 0 saturated carbocycles. The van der Waals surface area contributed by atoms with Crippen LogP contribution in [0.5, 0.6) is 5.75 Å². The van der Waals surface area contributed by atoms with E-state index in [2.05, 4.69) is 22.5 Å². The summed E-state index contributed by atoms with van der Waals surface area (Å²) in [5.41, 5.74) is 1.21. The fraction of sp³-hybridized carbons (Fsp3) is 0.250. The number of nitrogens with one attached hydrogen (secondary N) is 2. The molecule has 0 spiro atoms. The summed E-state index contributed by atoms with van der Waals surface area (Å²) in [6.07, 6.45) is 0. The lowest BCUT2D eigenvalue weighted by Gasteiger charge is -2.10. The third-order valence-electron chi connectivity index (χ3n) is 1.99. The number of hydrogen-bond donors (Lipinski definition) is 3. The quantitative estimate of drug-likeness (QED) is 0.662. The maximum atomic E-state index is 11.2. The molecule has 2 amide bonds. The minimum absolute atomic E-state index is 0.204. The van der Waals surface area contributed by atoms with Crippen molar-refractivity contribution in [1.82, 2.24) is 5.32 Å². The van der Waals surface area contributed by atoms with Crippen LogP contribution < -0.4 is 15.4 Å². The Morgan fingerprint density at radius 1 is 1.53 bits per heavy atom. The van der Waals surface area contributed by atoms with Crippen LogP contribution in [0.25, 0.3) is 0 Å². The monoisotopic (exact) mass is 234 g/mol. The fourth-order valence-corrected chi connectivity index (χ4v) is 1.21. The van der Waals surface area contributed by atoms with Crippen molar-refractivity contribution in [2.24, 2.45) is 0 Å². The van der Waals surface area contributed by atoms with E-state index in [9.17, 15) is 4.79 Å². The average molecular weight is 234 g/mol. The van der Waals surface area contributed by atoms with Crippen LogP contribution in [-0.4, -0.2) is 31.9 Å². The molecule has 0 radical (unpaired) electrons. The lowest BCUT2D eigenvalue weighted by molar-refractivity contribution is 0.254. The van der Waals surface area contributed by atoms with Crippen molar-refractivity contribution in [3.05, 3.63) is 23.8 Å². The molecule has 0 aromatic heterocycles. The van der Waals surface area contributed by atoms with E-state index in [-0.39, 0.29) is 12.6 Å². The molecule has 0 aliphatic heterocycles. The van der Waals surface area contributed by atoms with E-state index < -0.39 is 0 Å². The van der Waals surface area contributed by atoms with Gasteiger partial charge in [-0.15, -0.1) is 0 Å². The molecule has 0 atom stereocenters. The molecule has 0 saturated heterocycles. The molecule has 1 aromatic rings. The Morgan fingerprint density at radius 3 is 2.88 bits per heavy atom. The van der Waals surface area contributed by atoms with Crippen LogP contribution in [0.3, 0.4) is 0 Å². The maximum absolute atomic E-state index is 11.2. The van der Waals surface area contributed by atoms with Crippen molar-refractivity contribution < 1.29 is 14.6 Å². The van der Waals surface area contributed by atoms with Gasteiger partial charge in [0.1, 0.15) is 12.4 Å². The predicted octanol–water partition coefficient (Wildman–Crippen LogP) is 0.790. The van der Waals surface area contributed by atoms with Crippen LogP contribution in [0.15, 0.2) is 18.2 Å². The first-order valence-electron chi connectivity index (χ1n) is 4.97. The minimum atomic E-state index is -0.337. The van der Waals surface area contributed by atoms with Crippen LogP contribution in [0.4, 0.5) is 10.5 Å². The van der Waals surface area contributed by atoms with E-state index in [0.29, 0.717) is 17.0 Å². The molecule has 0 bridgehead atoms. The molecule has 0 unspecified atom stereocenters. The molecule has 0 aliphatic carbocycles. The van der Waals surface area contributed by atoms with E-state index in [1.807, 2.05) is 0 Å². The first-order valence-corrected chi connectivity index (χ1v) is 4.97. The van der Waals surface area contributed by atoms with Gasteiger partial charge in [0, 0.05) is 12.6 Å². The molecule has 0 fully saturated rings. The van der Waals surface area contributed by atoms with Gasteiger partial charge in [0.2, 0.25) is 0 Å². The lowest BCUT2D eigenvalue weighted by Crippen LogP contribution is -2.24. The van der Waals surface area contributed by atoms with Crippen molar-refractivity contribution in [3.8, 4) is 17.6 Å². The van der Waals surface area contributed by atoms with Gasteiger partial charge < -0.3 is 20.5 Å². The maximum Gasteiger partial charge on any atom is 0.319 e. The summed E-state index contributed by atoms with van der Waals surface area (Å²) in [6.45, 7) is -0.204. The summed E-state index contributed by atoms with van der Waals surface area (Å²) >= 11 is 0. The third kappa shape index (κ3) is 3.70. The molecule has 5 heteroatoms. The molecule has 17 heavy (non-hydrogen) atoms. The van der Waals surface area contributed by atoms with Crippen LogP contribution in [0.1, 0.15) is 5.56 Å². The van der Waals surface area contributed by atoms with Crippen LogP contribution in [0.2, 0.25) is 0 Å².